The third kappa shape index (κ3) is 3.97. The van der Waals surface area contributed by atoms with Gasteiger partial charge in [-0.3, -0.25) is 4.79 Å². The fourth-order valence-corrected chi connectivity index (χ4v) is 2.71. The summed E-state index contributed by atoms with van der Waals surface area (Å²) in [6, 6.07) is 15.4. The molecule has 6 nitrogen and oxygen atoms in total. The lowest BCUT2D eigenvalue weighted by atomic mass is 10.1. The van der Waals surface area contributed by atoms with Gasteiger partial charge in [-0.15, -0.1) is 5.10 Å². The van der Waals surface area contributed by atoms with Crippen molar-refractivity contribution in [3.63, 3.8) is 0 Å². The van der Waals surface area contributed by atoms with Gasteiger partial charge in [0.05, 0.1) is 10.7 Å². The van der Waals surface area contributed by atoms with Crippen LogP contribution in [-0.4, -0.2) is 20.9 Å². The third-order valence-corrected chi connectivity index (χ3v) is 4.13. The maximum Gasteiger partial charge on any atom is 0.280 e. The summed E-state index contributed by atoms with van der Waals surface area (Å²) < 4.78 is 1.53. The van der Waals surface area contributed by atoms with Gasteiger partial charge in [-0.25, -0.2) is 4.68 Å². The summed E-state index contributed by atoms with van der Waals surface area (Å²) in [5, 5.41) is 11.1. The summed E-state index contributed by atoms with van der Waals surface area (Å²) >= 11 is 6.14. The molecule has 0 spiro atoms. The summed E-state index contributed by atoms with van der Waals surface area (Å²) in [6.07, 6.45) is 0.749. The van der Waals surface area contributed by atoms with Crippen LogP contribution in [0.15, 0.2) is 48.5 Å². The Kier molecular flexibility index (Phi) is 5.00. The van der Waals surface area contributed by atoms with Crippen LogP contribution in [0.4, 0.5) is 11.5 Å². The van der Waals surface area contributed by atoms with Gasteiger partial charge in [-0.2, -0.15) is 0 Å². The fourth-order valence-electron chi connectivity index (χ4n) is 2.43. The van der Waals surface area contributed by atoms with Crippen LogP contribution >= 0.6 is 11.6 Å². The van der Waals surface area contributed by atoms with Crippen molar-refractivity contribution >= 4 is 29.0 Å². The number of carbonyl (C=O) groups is 1. The number of amides is 1. The van der Waals surface area contributed by atoms with Crippen molar-refractivity contribution in [3.8, 4) is 0 Å². The molecule has 2 aromatic carbocycles. The van der Waals surface area contributed by atoms with Crippen LogP contribution in [0.1, 0.15) is 21.6 Å². The molecule has 1 heterocycles. The van der Waals surface area contributed by atoms with Crippen LogP contribution in [0.25, 0.3) is 0 Å². The molecule has 0 bridgehead atoms. The predicted octanol–water partition coefficient (Wildman–Crippen LogP) is 3.32. The molecule has 3 N–H and O–H groups in total. The van der Waals surface area contributed by atoms with E-state index >= 15 is 0 Å². The zero-order chi connectivity index (χ0) is 17.8. The summed E-state index contributed by atoms with van der Waals surface area (Å²) in [4.78, 5) is 12.4. The number of nitrogen functional groups attached to an aromatic ring is 1. The summed E-state index contributed by atoms with van der Waals surface area (Å²) in [6.45, 7) is 2.47. The first-order valence-corrected chi connectivity index (χ1v) is 8.23. The van der Waals surface area contributed by atoms with Crippen LogP contribution in [0.2, 0.25) is 5.02 Å². The highest BCUT2D eigenvalue weighted by molar-refractivity contribution is 6.34. The van der Waals surface area contributed by atoms with E-state index in [9.17, 15) is 4.79 Å². The average Bonchev–Trinajstić information content (AvgIpc) is 2.97. The van der Waals surface area contributed by atoms with Gasteiger partial charge in [-0.1, -0.05) is 53.2 Å². The second kappa shape index (κ2) is 7.36. The Labute approximate surface area is 150 Å². The molecule has 1 aromatic heterocycles. The van der Waals surface area contributed by atoms with E-state index in [2.05, 4.69) is 15.6 Å². The molecule has 3 aromatic rings. The van der Waals surface area contributed by atoms with Gasteiger partial charge in [0.15, 0.2) is 11.5 Å². The average molecular weight is 356 g/mol. The first-order chi connectivity index (χ1) is 12.0. The van der Waals surface area contributed by atoms with Crippen molar-refractivity contribution in [1.82, 2.24) is 15.0 Å². The van der Waals surface area contributed by atoms with Crippen molar-refractivity contribution in [2.75, 3.05) is 11.1 Å². The van der Waals surface area contributed by atoms with E-state index in [0.29, 0.717) is 17.3 Å². The lowest BCUT2D eigenvalue weighted by Crippen LogP contribution is -2.15. The Bertz CT molecular complexity index is 892. The standard InChI is InChI=1S/C18H18ClN5O/c1-12-7-8-15(14(19)11-12)21-18(25)16-17(20)24(23-22-16)10-9-13-5-3-2-4-6-13/h2-8,11H,9-10,20H2,1H3,(H,21,25). The van der Waals surface area contributed by atoms with Gasteiger partial charge in [-0.05, 0) is 36.6 Å². The minimum absolute atomic E-state index is 0.0877. The van der Waals surface area contributed by atoms with E-state index in [1.54, 1.807) is 12.1 Å². The van der Waals surface area contributed by atoms with E-state index in [0.717, 1.165) is 17.5 Å². The number of carbonyl (C=O) groups excluding carboxylic acids is 1. The highest BCUT2D eigenvalue weighted by Gasteiger charge is 2.18. The van der Waals surface area contributed by atoms with E-state index in [1.165, 1.54) is 4.68 Å². The predicted molar refractivity (Wildman–Crippen MR) is 98.7 cm³/mol. The zero-order valence-electron chi connectivity index (χ0n) is 13.7. The number of nitrogens with one attached hydrogen (secondary N) is 1. The van der Waals surface area contributed by atoms with Crippen LogP contribution in [0, 0.1) is 6.92 Å². The van der Waals surface area contributed by atoms with Crippen molar-refractivity contribution in [3.05, 3.63) is 70.4 Å². The Morgan fingerprint density at radius 1 is 1.24 bits per heavy atom. The molecule has 25 heavy (non-hydrogen) atoms. The molecular formula is C18H18ClN5O. The van der Waals surface area contributed by atoms with Crippen LogP contribution < -0.4 is 11.1 Å². The Morgan fingerprint density at radius 3 is 2.72 bits per heavy atom. The second-order valence-corrected chi connectivity index (χ2v) is 6.13. The highest BCUT2D eigenvalue weighted by atomic mass is 35.5. The number of halogens is 1. The summed E-state index contributed by atoms with van der Waals surface area (Å²) in [5.74, 6) is -0.203. The summed E-state index contributed by atoms with van der Waals surface area (Å²) in [7, 11) is 0. The quantitative estimate of drug-likeness (QED) is 0.735. The molecule has 128 valence electrons. The SMILES string of the molecule is Cc1ccc(NC(=O)c2nnn(CCc3ccccc3)c2N)c(Cl)c1. The maximum atomic E-state index is 12.4. The second-order valence-electron chi connectivity index (χ2n) is 5.72. The van der Waals surface area contributed by atoms with Gasteiger partial charge >= 0.3 is 0 Å². The fraction of sp³-hybridized carbons (Fsp3) is 0.167. The van der Waals surface area contributed by atoms with Gasteiger partial charge in [0, 0.05) is 6.54 Å². The molecule has 0 aliphatic carbocycles. The number of benzene rings is 2. The zero-order valence-corrected chi connectivity index (χ0v) is 14.5. The molecular weight excluding hydrogens is 338 g/mol. The molecule has 7 heteroatoms. The van der Waals surface area contributed by atoms with Gasteiger partial charge in [0.25, 0.3) is 5.91 Å². The lowest BCUT2D eigenvalue weighted by Gasteiger charge is -2.07. The number of hydrogen-bond acceptors (Lipinski definition) is 4. The number of hydrogen-bond donors (Lipinski definition) is 2. The minimum Gasteiger partial charge on any atom is -0.382 e. The number of nitrogens with two attached hydrogens (primary N) is 1. The topological polar surface area (TPSA) is 85.8 Å². The lowest BCUT2D eigenvalue weighted by molar-refractivity contribution is 0.102. The van der Waals surface area contributed by atoms with Crippen molar-refractivity contribution in [2.24, 2.45) is 0 Å². The number of aromatic nitrogens is 3. The van der Waals surface area contributed by atoms with Crippen LogP contribution in [0.5, 0.6) is 0 Å². The molecule has 0 unspecified atom stereocenters. The maximum absolute atomic E-state index is 12.4. The van der Waals surface area contributed by atoms with E-state index < -0.39 is 5.91 Å². The molecule has 0 aliphatic heterocycles. The van der Waals surface area contributed by atoms with Crippen molar-refractivity contribution < 1.29 is 4.79 Å². The smallest absolute Gasteiger partial charge is 0.280 e. The monoisotopic (exact) mass is 355 g/mol. The van der Waals surface area contributed by atoms with E-state index in [1.807, 2.05) is 43.3 Å². The number of rotatable bonds is 5. The van der Waals surface area contributed by atoms with Crippen molar-refractivity contribution in [1.29, 1.82) is 0 Å². The van der Waals surface area contributed by atoms with Gasteiger partial charge in [0.1, 0.15) is 0 Å². The third-order valence-electron chi connectivity index (χ3n) is 3.82. The molecule has 1 amide bonds. The first kappa shape index (κ1) is 17.0. The van der Waals surface area contributed by atoms with Crippen molar-refractivity contribution in [2.45, 2.75) is 19.9 Å². The number of nitrogens with zero attached hydrogens (tertiary/aromatic N) is 3. The largest absolute Gasteiger partial charge is 0.382 e. The van der Waals surface area contributed by atoms with Crippen LogP contribution in [-0.2, 0) is 13.0 Å². The first-order valence-electron chi connectivity index (χ1n) is 7.85. The van der Waals surface area contributed by atoms with Crippen LogP contribution in [0.3, 0.4) is 0 Å². The number of anilines is 2. The highest BCUT2D eigenvalue weighted by Crippen LogP contribution is 2.23. The molecule has 0 radical (unpaired) electrons. The number of aryl methyl sites for hydroxylation is 3. The normalized spacial score (nSPS) is 10.6. The van der Waals surface area contributed by atoms with Gasteiger partial charge in [0.2, 0.25) is 0 Å². The van der Waals surface area contributed by atoms with Gasteiger partial charge < -0.3 is 11.1 Å². The van der Waals surface area contributed by atoms with E-state index in [4.69, 9.17) is 17.3 Å². The summed E-state index contributed by atoms with van der Waals surface area (Å²) in [5.41, 5.74) is 8.80. The molecule has 0 saturated heterocycles. The molecule has 0 fully saturated rings. The minimum atomic E-state index is -0.436. The molecule has 0 aliphatic rings. The molecule has 0 atom stereocenters. The van der Waals surface area contributed by atoms with E-state index in [-0.39, 0.29) is 11.5 Å². The molecule has 3 rings (SSSR count). The Hall–Kier alpha value is -2.86. The molecule has 0 saturated carbocycles. The Morgan fingerprint density at radius 2 is 2.00 bits per heavy atom. The Balaban J connectivity index is 1.70.